The summed E-state index contributed by atoms with van der Waals surface area (Å²) >= 11 is 4.56. The van der Waals surface area contributed by atoms with Crippen LogP contribution in [0.2, 0.25) is 0 Å². The van der Waals surface area contributed by atoms with Gasteiger partial charge in [-0.3, -0.25) is 10.1 Å². The third-order valence-electron chi connectivity index (χ3n) is 1.87. The maximum absolute atomic E-state index is 11.5. The zero-order valence-corrected chi connectivity index (χ0v) is 8.47. The molecule has 0 unspecified atom stereocenters. The van der Waals surface area contributed by atoms with E-state index in [1.807, 2.05) is 0 Å². The van der Waals surface area contributed by atoms with Gasteiger partial charge in [-0.2, -0.15) is 0 Å². The average Bonchev–Trinajstić information content (AvgIpc) is 2.62. The molecule has 1 aromatic carbocycles. The van der Waals surface area contributed by atoms with Crippen LogP contribution in [-0.2, 0) is 0 Å². The molecule has 0 aliphatic carbocycles. The van der Waals surface area contributed by atoms with Crippen LogP contribution in [0, 0.1) is 0 Å². The standard InChI is InChI=1S/C9H8N2O3S/c10-9(15)11-8(12)5-1-2-6-7(3-5)14-4-13-6/h1-3H,4H2,(H3,10,11,12,15). The molecule has 3 N–H and O–H groups in total. The van der Waals surface area contributed by atoms with Crippen molar-refractivity contribution >= 4 is 23.2 Å². The lowest BCUT2D eigenvalue weighted by molar-refractivity contribution is 0.0977. The number of ether oxygens (including phenoxy) is 2. The van der Waals surface area contributed by atoms with E-state index in [0.29, 0.717) is 17.1 Å². The minimum absolute atomic E-state index is 0.0577. The predicted octanol–water partition coefficient (Wildman–Crippen LogP) is 0.389. The lowest BCUT2D eigenvalue weighted by atomic mass is 10.2. The lowest BCUT2D eigenvalue weighted by Crippen LogP contribution is -2.34. The second-order valence-electron chi connectivity index (χ2n) is 2.89. The molecule has 6 heteroatoms. The first-order valence-electron chi connectivity index (χ1n) is 4.17. The number of nitrogens with one attached hydrogen (secondary N) is 1. The van der Waals surface area contributed by atoms with Gasteiger partial charge in [-0.15, -0.1) is 0 Å². The van der Waals surface area contributed by atoms with Crippen LogP contribution in [0.15, 0.2) is 18.2 Å². The molecular formula is C9H8N2O3S. The van der Waals surface area contributed by atoms with Gasteiger partial charge in [-0.1, -0.05) is 0 Å². The van der Waals surface area contributed by atoms with Crippen LogP contribution in [-0.4, -0.2) is 17.8 Å². The molecule has 0 aromatic heterocycles. The van der Waals surface area contributed by atoms with Crippen molar-refractivity contribution in [1.29, 1.82) is 0 Å². The van der Waals surface area contributed by atoms with Gasteiger partial charge in [0, 0.05) is 5.56 Å². The molecule has 0 saturated heterocycles. The van der Waals surface area contributed by atoms with Gasteiger partial charge < -0.3 is 15.2 Å². The van der Waals surface area contributed by atoms with Crippen molar-refractivity contribution in [3.8, 4) is 11.5 Å². The van der Waals surface area contributed by atoms with E-state index in [1.54, 1.807) is 18.2 Å². The van der Waals surface area contributed by atoms with Crippen LogP contribution in [0.5, 0.6) is 11.5 Å². The van der Waals surface area contributed by atoms with Gasteiger partial charge in [0.05, 0.1) is 0 Å². The second kappa shape index (κ2) is 3.74. The number of hydrogen-bond acceptors (Lipinski definition) is 4. The Morgan fingerprint density at radius 1 is 1.40 bits per heavy atom. The van der Waals surface area contributed by atoms with E-state index in [4.69, 9.17) is 15.2 Å². The van der Waals surface area contributed by atoms with E-state index in [2.05, 4.69) is 17.5 Å². The van der Waals surface area contributed by atoms with Crippen LogP contribution in [0.1, 0.15) is 10.4 Å². The molecule has 1 aliphatic rings. The Hall–Kier alpha value is -1.82. The Morgan fingerprint density at radius 3 is 2.87 bits per heavy atom. The summed E-state index contributed by atoms with van der Waals surface area (Å²) in [5.41, 5.74) is 5.61. The van der Waals surface area contributed by atoms with Gasteiger partial charge in [0.1, 0.15) is 0 Å². The Labute approximate surface area is 91.2 Å². The normalized spacial score (nSPS) is 12.3. The highest BCUT2D eigenvalue weighted by molar-refractivity contribution is 7.80. The molecular weight excluding hydrogens is 216 g/mol. The minimum atomic E-state index is -0.360. The summed E-state index contributed by atoms with van der Waals surface area (Å²) in [5, 5.41) is 2.27. The molecule has 5 nitrogen and oxygen atoms in total. The molecule has 2 rings (SSSR count). The quantitative estimate of drug-likeness (QED) is 0.675. The summed E-state index contributed by atoms with van der Waals surface area (Å²) in [6.45, 7) is 0.176. The highest BCUT2D eigenvalue weighted by Crippen LogP contribution is 2.32. The average molecular weight is 224 g/mol. The van der Waals surface area contributed by atoms with Gasteiger partial charge in [-0.05, 0) is 30.4 Å². The predicted molar refractivity (Wildman–Crippen MR) is 56.8 cm³/mol. The SMILES string of the molecule is NC(=S)NC(=O)c1ccc2c(c1)OCO2. The number of rotatable bonds is 1. The van der Waals surface area contributed by atoms with Gasteiger partial charge in [0.15, 0.2) is 16.6 Å². The largest absolute Gasteiger partial charge is 0.454 e. The molecule has 0 saturated carbocycles. The van der Waals surface area contributed by atoms with Crippen LogP contribution in [0.25, 0.3) is 0 Å². The smallest absolute Gasteiger partial charge is 0.257 e. The van der Waals surface area contributed by atoms with Crippen LogP contribution < -0.4 is 20.5 Å². The number of fused-ring (bicyclic) bond motifs is 1. The lowest BCUT2D eigenvalue weighted by Gasteiger charge is -2.03. The van der Waals surface area contributed by atoms with Crippen LogP contribution in [0.4, 0.5) is 0 Å². The van der Waals surface area contributed by atoms with Crippen molar-refractivity contribution in [2.24, 2.45) is 5.73 Å². The molecule has 0 atom stereocenters. The van der Waals surface area contributed by atoms with E-state index < -0.39 is 0 Å². The molecule has 0 spiro atoms. The molecule has 1 aliphatic heterocycles. The van der Waals surface area contributed by atoms with Crippen LogP contribution in [0.3, 0.4) is 0 Å². The zero-order chi connectivity index (χ0) is 10.8. The number of amides is 1. The number of benzene rings is 1. The molecule has 1 heterocycles. The van der Waals surface area contributed by atoms with E-state index in [9.17, 15) is 4.79 Å². The Morgan fingerprint density at radius 2 is 2.13 bits per heavy atom. The zero-order valence-electron chi connectivity index (χ0n) is 7.65. The van der Waals surface area contributed by atoms with Crippen molar-refractivity contribution in [1.82, 2.24) is 5.32 Å². The van der Waals surface area contributed by atoms with E-state index >= 15 is 0 Å². The van der Waals surface area contributed by atoms with Crippen molar-refractivity contribution < 1.29 is 14.3 Å². The molecule has 78 valence electrons. The summed E-state index contributed by atoms with van der Waals surface area (Å²) in [4.78, 5) is 11.5. The van der Waals surface area contributed by atoms with E-state index in [1.165, 1.54) is 0 Å². The Kier molecular flexibility index (Phi) is 2.42. The molecule has 0 bridgehead atoms. The first kappa shape index (κ1) is 9.72. The molecule has 1 aromatic rings. The fourth-order valence-electron chi connectivity index (χ4n) is 1.22. The summed E-state index contributed by atoms with van der Waals surface area (Å²) in [6.07, 6.45) is 0. The summed E-state index contributed by atoms with van der Waals surface area (Å²) in [6, 6.07) is 4.86. The maximum atomic E-state index is 11.5. The summed E-state index contributed by atoms with van der Waals surface area (Å²) in [5.74, 6) is 0.813. The van der Waals surface area contributed by atoms with Crippen molar-refractivity contribution in [2.75, 3.05) is 6.79 Å². The fraction of sp³-hybridized carbons (Fsp3) is 0.111. The van der Waals surface area contributed by atoms with E-state index in [-0.39, 0.29) is 17.8 Å². The van der Waals surface area contributed by atoms with Gasteiger partial charge in [0.2, 0.25) is 6.79 Å². The highest BCUT2D eigenvalue weighted by atomic mass is 32.1. The summed E-state index contributed by atoms with van der Waals surface area (Å²) in [7, 11) is 0. The number of nitrogens with two attached hydrogens (primary N) is 1. The van der Waals surface area contributed by atoms with Crippen LogP contribution >= 0.6 is 12.2 Å². The van der Waals surface area contributed by atoms with E-state index in [0.717, 1.165) is 0 Å². The van der Waals surface area contributed by atoms with Crippen molar-refractivity contribution in [2.45, 2.75) is 0 Å². The second-order valence-corrected chi connectivity index (χ2v) is 3.33. The maximum Gasteiger partial charge on any atom is 0.257 e. The fourth-order valence-corrected chi connectivity index (χ4v) is 1.31. The third kappa shape index (κ3) is 1.99. The molecule has 0 fully saturated rings. The van der Waals surface area contributed by atoms with Crippen molar-refractivity contribution in [3.63, 3.8) is 0 Å². The highest BCUT2D eigenvalue weighted by Gasteiger charge is 2.16. The van der Waals surface area contributed by atoms with Gasteiger partial charge in [-0.25, -0.2) is 0 Å². The van der Waals surface area contributed by atoms with Gasteiger partial charge in [0.25, 0.3) is 5.91 Å². The number of carbonyl (C=O) groups excluding carboxylic acids is 1. The third-order valence-corrected chi connectivity index (χ3v) is 1.97. The molecule has 15 heavy (non-hydrogen) atoms. The Bertz CT molecular complexity index is 433. The first-order valence-corrected chi connectivity index (χ1v) is 4.58. The minimum Gasteiger partial charge on any atom is -0.454 e. The monoisotopic (exact) mass is 224 g/mol. The topological polar surface area (TPSA) is 73.6 Å². The number of carbonyl (C=O) groups is 1. The molecule has 1 amide bonds. The number of hydrogen-bond donors (Lipinski definition) is 2. The van der Waals surface area contributed by atoms with Crippen molar-refractivity contribution in [3.05, 3.63) is 23.8 Å². The Balaban J connectivity index is 2.23. The molecule has 0 radical (unpaired) electrons. The first-order chi connectivity index (χ1) is 7.16. The van der Waals surface area contributed by atoms with Gasteiger partial charge >= 0.3 is 0 Å². The summed E-state index contributed by atoms with van der Waals surface area (Å²) < 4.78 is 10.2. The number of thiocarbonyl (C=S) groups is 1.